The van der Waals surface area contributed by atoms with Crippen molar-refractivity contribution in [2.75, 3.05) is 13.2 Å². The normalized spacial score (nSPS) is 12.2. The molecule has 1 aromatic carbocycles. The monoisotopic (exact) mass is 301 g/mol. The van der Waals surface area contributed by atoms with Crippen molar-refractivity contribution in [3.8, 4) is 11.5 Å². The van der Waals surface area contributed by atoms with E-state index in [1.807, 2.05) is 13.8 Å². The Kier molecular flexibility index (Phi) is 5.42. The molecule has 0 saturated heterocycles. The lowest BCUT2D eigenvalue weighted by atomic mass is 10.1. The third kappa shape index (κ3) is 4.68. The molecule has 0 unspecified atom stereocenters. The Bertz CT molecular complexity index is 547. The van der Waals surface area contributed by atoms with Crippen LogP contribution >= 0.6 is 0 Å². The molecular formula is C14H23NO4S. The Hall–Kier alpha value is -1.27. The first-order valence-corrected chi connectivity index (χ1v) is 8.11. The van der Waals surface area contributed by atoms with E-state index in [1.54, 1.807) is 32.9 Å². The summed E-state index contributed by atoms with van der Waals surface area (Å²) in [5, 5.41) is 0. The minimum absolute atomic E-state index is 0.0974. The van der Waals surface area contributed by atoms with Gasteiger partial charge in [0.15, 0.2) is 0 Å². The molecule has 0 spiro atoms. The van der Waals surface area contributed by atoms with Crippen molar-refractivity contribution < 1.29 is 17.9 Å². The first-order chi connectivity index (χ1) is 9.19. The molecule has 0 aliphatic heterocycles. The van der Waals surface area contributed by atoms with Crippen LogP contribution in [0.4, 0.5) is 0 Å². The van der Waals surface area contributed by atoms with Gasteiger partial charge in [-0.25, -0.2) is 13.1 Å². The molecule has 114 valence electrons. The quantitative estimate of drug-likeness (QED) is 0.877. The van der Waals surface area contributed by atoms with Gasteiger partial charge in [0.1, 0.15) is 16.4 Å². The molecule has 1 rings (SSSR count). The van der Waals surface area contributed by atoms with E-state index in [1.165, 1.54) is 6.07 Å². The Morgan fingerprint density at radius 3 is 2.20 bits per heavy atom. The van der Waals surface area contributed by atoms with E-state index in [-0.39, 0.29) is 4.90 Å². The molecule has 0 bridgehead atoms. The summed E-state index contributed by atoms with van der Waals surface area (Å²) in [5.41, 5.74) is -0.566. The lowest BCUT2D eigenvalue weighted by Gasteiger charge is -2.21. The predicted molar refractivity (Wildman–Crippen MR) is 78.9 cm³/mol. The zero-order valence-corrected chi connectivity index (χ0v) is 13.5. The maximum atomic E-state index is 12.5. The van der Waals surface area contributed by atoms with E-state index < -0.39 is 15.6 Å². The van der Waals surface area contributed by atoms with Crippen molar-refractivity contribution in [3.63, 3.8) is 0 Å². The van der Waals surface area contributed by atoms with E-state index in [0.29, 0.717) is 24.7 Å². The largest absolute Gasteiger partial charge is 0.494 e. The lowest BCUT2D eigenvalue weighted by Crippen LogP contribution is -2.40. The van der Waals surface area contributed by atoms with Gasteiger partial charge in [0.2, 0.25) is 10.0 Å². The predicted octanol–water partition coefficient (Wildman–Crippen LogP) is 2.56. The molecule has 1 aromatic rings. The van der Waals surface area contributed by atoms with Gasteiger partial charge in [-0.1, -0.05) is 0 Å². The molecule has 0 aliphatic carbocycles. The summed E-state index contributed by atoms with van der Waals surface area (Å²) in [4.78, 5) is 0.0974. The minimum atomic E-state index is -3.67. The van der Waals surface area contributed by atoms with Gasteiger partial charge in [0.05, 0.1) is 13.2 Å². The second-order valence-corrected chi connectivity index (χ2v) is 6.98. The summed E-state index contributed by atoms with van der Waals surface area (Å²) >= 11 is 0. The molecule has 0 atom stereocenters. The van der Waals surface area contributed by atoms with Gasteiger partial charge < -0.3 is 9.47 Å². The van der Waals surface area contributed by atoms with E-state index in [2.05, 4.69) is 4.72 Å². The number of benzene rings is 1. The first kappa shape index (κ1) is 16.8. The Balaban J connectivity index is 3.27. The Labute approximate surface area is 121 Å². The average Bonchev–Trinajstić information content (AvgIpc) is 2.28. The second kappa shape index (κ2) is 6.45. The van der Waals surface area contributed by atoms with Crippen LogP contribution in [0.3, 0.4) is 0 Å². The maximum Gasteiger partial charge on any atom is 0.244 e. The standard InChI is InChI=1S/C14H23NO4S/c1-6-18-11-8-9-12(19-7-2)13(10-11)20(16,17)15-14(3,4)5/h8-10,15H,6-7H2,1-5H3. The topological polar surface area (TPSA) is 64.6 Å². The lowest BCUT2D eigenvalue weighted by molar-refractivity contribution is 0.322. The average molecular weight is 301 g/mol. The molecule has 0 heterocycles. The third-order valence-electron chi connectivity index (χ3n) is 2.26. The smallest absolute Gasteiger partial charge is 0.244 e. The van der Waals surface area contributed by atoms with Crippen LogP contribution in [-0.4, -0.2) is 27.2 Å². The maximum absolute atomic E-state index is 12.5. The summed E-state index contributed by atoms with van der Waals surface area (Å²) in [6, 6.07) is 4.80. The van der Waals surface area contributed by atoms with Crippen LogP contribution in [0.25, 0.3) is 0 Å². The van der Waals surface area contributed by atoms with Crippen LogP contribution in [0.5, 0.6) is 11.5 Å². The highest BCUT2D eigenvalue weighted by molar-refractivity contribution is 7.89. The third-order valence-corrected chi connectivity index (χ3v) is 4.04. The Morgan fingerprint density at radius 1 is 1.10 bits per heavy atom. The van der Waals surface area contributed by atoms with Crippen LogP contribution in [0.15, 0.2) is 23.1 Å². The molecule has 0 radical (unpaired) electrons. The molecule has 0 aliphatic rings. The molecule has 5 nitrogen and oxygen atoms in total. The number of ether oxygens (including phenoxy) is 2. The summed E-state index contributed by atoms with van der Waals surface area (Å²) in [6.45, 7) is 9.89. The van der Waals surface area contributed by atoms with Crippen molar-refractivity contribution in [1.82, 2.24) is 4.72 Å². The van der Waals surface area contributed by atoms with Crippen molar-refractivity contribution in [1.29, 1.82) is 0 Å². The zero-order valence-electron chi connectivity index (χ0n) is 12.7. The summed E-state index contributed by atoms with van der Waals surface area (Å²) in [5.74, 6) is 0.831. The van der Waals surface area contributed by atoms with Crippen LogP contribution in [0.1, 0.15) is 34.6 Å². The first-order valence-electron chi connectivity index (χ1n) is 6.63. The van der Waals surface area contributed by atoms with E-state index >= 15 is 0 Å². The highest BCUT2D eigenvalue weighted by Crippen LogP contribution is 2.29. The van der Waals surface area contributed by atoms with Crippen molar-refractivity contribution in [2.45, 2.75) is 45.1 Å². The van der Waals surface area contributed by atoms with Gasteiger partial charge in [0.25, 0.3) is 0 Å². The van der Waals surface area contributed by atoms with Crippen molar-refractivity contribution >= 4 is 10.0 Å². The van der Waals surface area contributed by atoms with Crippen LogP contribution in [0, 0.1) is 0 Å². The van der Waals surface area contributed by atoms with Gasteiger partial charge in [-0.15, -0.1) is 0 Å². The van der Waals surface area contributed by atoms with Crippen LogP contribution in [0.2, 0.25) is 0 Å². The fraction of sp³-hybridized carbons (Fsp3) is 0.571. The number of rotatable bonds is 6. The molecule has 1 N–H and O–H groups in total. The number of hydrogen-bond acceptors (Lipinski definition) is 4. The van der Waals surface area contributed by atoms with Gasteiger partial charge in [0, 0.05) is 11.6 Å². The highest BCUT2D eigenvalue weighted by Gasteiger charge is 2.26. The van der Waals surface area contributed by atoms with Crippen molar-refractivity contribution in [2.24, 2.45) is 0 Å². The number of sulfonamides is 1. The fourth-order valence-electron chi connectivity index (χ4n) is 1.69. The number of nitrogens with one attached hydrogen (secondary N) is 1. The van der Waals surface area contributed by atoms with E-state index in [9.17, 15) is 8.42 Å². The van der Waals surface area contributed by atoms with Gasteiger partial charge in [-0.3, -0.25) is 0 Å². The fourth-order valence-corrected chi connectivity index (χ4v) is 3.27. The molecule has 0 amide bonds. The molecule has 0 fully saturated rings. The molecule has 6 heteroatoms. The summed E-state index contributed by atoms with van der Waals surface area (Å²) in [7, 11) is -3.67. The summed E-state index contributed by atoms with van der Waals surface area (Å²) in [6.07, 6.45) is 0. The molecule has 20 heavy (non-hydrogen) atoms. The van der Waals surface area contributed by atoms with Gasteiger partial charge in [-0.05, 0) is 46.8 Å². The van der Waals surface area contributed by atoms with Crippen LogP contribution < -0.4 is 14.2 Å². The van der Waals surface area contributed by atoms with Gasteiger partial charge >= 0.3 is 0 Å². The molecule has 0 aromatic heterocycles. The van der Waals surface area contributed by atoms with Crippen LogP contribution in [-0.2, 0) is 10.0 Å². The van der Waals surface area contributed by atoms with Gasteiger partial charge in [-0.2, -0.15) is 0 Å². The van der Waals surface area contributed by atoms with E-state index in [0.717, 1.165) is 0 Å². The second-order valence-electron chi connectivity index (χ2n) is 5.33. The minimum Gasteiger partial charge on any atom is -0.494 e. The number of hydrogen-bond donors (Lipinski definition) is 1. The molecule has 0 saturated carbocycles. The SMILES string of the molecule is CCOc1ccc(OCC)c(S(=O)(=O)NC(C)(C)C)c1. The molecular weight excluding hydrogens is 278 g/mol. The van der Waals surface area contributed by atoms with E-state index in [4.69, 9.17) is 9.47 Å². The Morgan fingerprint density at radius 2 is 1.70 bits per heavy atom. The zero-order chi connectivity index (χ0) is 15.4. The van der Waals surface area contributed by atoms with Crippen molar-refractivity contribution in [3.05, 3.63) is 18.2 Å². The highest BCUT2D eigenvalue weighted by atomic mass is 32.2. The summed E-state index contributed by atoms with van der Waals surface area (Å²) < 4.78 is 38.3.